The maximum absolute atomic E-state index is 10.4. The van der Waals surface area contributed by atoms with Crippen LogP contribution in [0.1, 0.15) is 29.6 Å². The largest absolute Gasteiger partial charge is 0.387 e. The fourth-order valence-electron chi connectivity index (χ4n) is 3.08. The van der Waals surface area contributed by atoms with Crippen LogP contribution < -0.4 is 0 Å². The minimum absolute atomic E-state index is 0.276. The van der Waals surface area contributed by atoms with Crippen molar-refractivity contribution in [1.82, 2.24) is 14.5 Å². The average molecular weight is 305 g/mol. The lowest BCUT2D eigenvalue weighted by Crippen LogP contribution is -2.37. The summed E-state index contributed by atoms with van der Waals surface area (Å²) in [5, 5.41) is 12.5. The van der Waals surface area contributed by atoms with Gasteiger partial charge in [-0.3, -0.25) is 0 Å². The minimum atomic E-state index is -0.276. The highest BCUT2D eigenvalue weighted by Gasteiger charge is 2.26. The van der Waals surface area contributed by atoms with Gasteiger partial charge in [0.05, 0.1) is 6.10 Å². The van der Waals surface area contributed by atoms with Crippen molar-refractivity contribution in [2.45, 2.75) is 25.4 Å². The molecule has 1 N–H and O–H groups in total. The Balaban J connectivity index is 1.46. The smallest absolute Gasteiger partial charge is 0.109 e. The molecule has 0 spiro atoms. The highest BCUT2D eigenvalue weighted by molar-refractivity contribution is 7.10. The molecule has 114 valence electrons. The first-order chi connectivity index (χ1) is 10.2. The first kappa shape index (κ1) is 14.8. The van der Waals surface area contributed by atoms with Crippen LogP contribution in [-0.4, -0.2) is 39.2 Å². The lowest BCUT2D eigenvalue weighted by Gasteiger charge is -2.33. The van der Waals surface area contributed by atoms with Gasteiger partial charge >= 0.3 is 0 Å². The van der Waals surface area contributed by atoms with E-state index in [1.807, 2.05) is 37.0 Å². The molecule has 4 nitrogen and oxygen atoms in total. The summed E-state index contributed by atoms with van der Waals surface area (Å²) in [6.45, 7) is 3.22. The Morgan fingerprint density at radius 3 is 2.86 bits per heavy atom. The van der Waals surface area contributed by atoms with Crippen LogP contribution in [0.15, 0.2) is 29.9 Å². The SMILES string of the molecule is Cn1ccnc1CCN1CCC(C(O)c2cccs2)CC1. The van der Waals surface area contributed by atoms with E-state index in [-0.39, 0.29) is 6.10 Å². The van der Waals surface area contributed by atoms with Crippen molar-refractivity contribution in [2.24, 2.45) is 13.0 Å². The number of hydrogen-bond acceptors (Lipinski definition) is 4. The summed E-state index contributed by atoms with van der Waals surface area (Å²) in [7, 11) is 2.05. The van der Waals surface area contributed by atoms with Crippen LogP contribution in [0.5, 0.6) is 0 Å². The summed E-state index contributed by atoms with van der Waals surface area (Å²) in [6.07, 6.45) is 6.75. The van der Waals surface area contributed by atoms with Gasteiger partial charge in [0, 0.05) is 37.3 Å². The second-order valence-corrected chi connectivity index (χ2v) is 6.82. The summed E-state index contributed by atoms with van der Waals surface area (Å²) < 4.78 is 2.09. The summed E-state index contributed by atoms with van der Waals surface area (Å²) in [5.74, 6) is 1.56. The number of aryl methyl sites for hydroxylation is 1. The second kappa shape index (κ2) is 6.73. The third-order valence-electron chi connectivity index (χ3n) is 4.49. The summed E-state index contributed by atoms with van der Waals surface area (Å²) in [5.41, 5.74) is 0. The number of likely N-dealkylation sites (tertiary alicyclic amines) is 1. The van der Waals surface area contributed by atoms with Crippen molar-refractivity contribution in [3.05, 3.63) is 40.6 Å². The van der Waals surface area contributed by atoms with Crippen LogP contribution in [0.3, 0.4) is 0 Å². The predicted molar refractivity (Wildman–Crippen MR) is 85.4 cm³/mol. The van der Waals surface area contributed by atoms with Gasteiger partial charge in [-0.25, -0.2) is 4.98 Å². The van der Waals surface area contributed by atoms with Gasteiger partial charge in [0.2, 0.25) is 0 Å². The molecule has 1 unspecified atom stereocenters. The molecule has 0 aliphatic carbocycles. The molecular weight excluding hydrogens is 282 g/mol. The molecule has 1 atom stereocenters. The molecule has 1 aliphatic heterocycles. The third-order valence-corrected chi connectivity index (χ3v) is 5.43. The monoisotopic (exact) mass is 305 g/mol. The molecule has 3 heterocycles. The first-order valence-corrected chi connectivity index (χ1v) is 8.52. The lowest BCUT2D eigenvalue weighted by atomic mass is 9.90. The number of aliphatic hydroxyl groups is 1. The van der Waals surface area contributed by atoms with Crippen LogP contribution in [0, 0.1) is 5.92 Å². The molecule has 0 radical (unpaired) electrons. The zero-order valence-corrected chi connectivity index (χ0v) is 13.3. The van der Waals surface area contributed by atoms with Crippen LogP contribution >= 0.6 is 11.3 Å². The number of aromatic nitrogens is 2. The molecule has 3 rings (SSSR count). The van der Waals surface area contributed by atoms with Crippen molar-refractivity contribution in [3.63, 3.8) is 0 Å². The van der Waals surface area contributed by atoms with Crippen LogP contribution in [0.25, 0.3) is 0 Å². The zero-order chi connectivity index (χ0) is 14.7. The summed E-state index contributed by atoms with van der Waals surface area (Å²) in [4.78, 5) is 7.98. The Bertz CT molecular complexity index is 544. The van der Waals surface area contributed by atoms with E-state index >= 15 is 0 Å². The Labute approximate surface area is 130 Å². The van der Waals surface area contributed by atoms with Crippen LogP contribution in [-0.2, 0) is 13.5 Å². The molecule has 2 aromatic rings. The number of piperidine rings is 1. The van der Waals surface area contributed by atoms with E-state index in [1.54, 1.807) is 11.3 Å². The predicted octanol–water partition coefficient (Wildman–Crippen LogP) is 2.47. The number of aliphatic hydroxyl groups excluding tert-OH is 1. The molecule has 0 bridgehead atoms. The number of imidazole rings is 1. The minimum Gasteiger partial charge on any atom is -0.387 e. The maximum atomic E-state index is 10.4. The first-order valence-electron chi connectivity index (χ1n) is 7.64. The van der Waals surface area contributed by atoms with Crippen molar-refractivity contribution in [1.29, 1.82) is 0 Å². The van der Waals surface area contributed by atoms with Gasteiger partial charge in [-0.1, -0.05) is 6.07 Å². The van der Waals surface area contributed by atoms with E-state index in [0.29, 0.717) is 5.92 Å². The number of hydrogen-bond donors (Lipinski definition) is 1. The van der Waals surface area contributed by atoms with E-state index in [4.69, 9.17) is 0 Å². The highest BCUT2D eigenvalue weighted by atomic mass is 32.1. The van der Waals surface area contributed by atoms with Gasteiger partial charge in [-0.2, -0.15) is 0 Å². The van der Waals surface area contributed by atoms with Crippen LogP contribution in [0.4, 0.5) is 0 Å². The Morgan fingerprint density at radius 1 is 1.43 bits per heavy atom. The van der Waals surface area contributed by atoms with Gasteiger partial charge in [0.25, 0.3) is 0 Å². The van der Waals surface area contributed by atoms with E-state index < -0.39 is 0 Å². The molecule has 0 amide bonds. The molecule has 21 heavy (non-hydrogen) atoms. The number of nitrogens with zero attached hydrogens (tertiary/aromatic N) is 3. The molecule has 1 aliphatic rings. The van der Waals surface area contributed by atoms with E-state index in [1.165, 1.54) is 0 Å². The number of rotatable bonds is 5. The standard InChI is InChI=1S/C16H23N3OS/c1-18-11-7-17-15(18)6-10-19-8-4-13(5-9-19)16(20)14-3-2-12-21-14/h2-3,7,11-13,16,20H,4-6,8-10H2,1H3. The van der Waals surface area contributed by atoms with Gasteiger partial charge in [0.1, 0.15) is 5.82 Å². The van der Waals surface area contributed by atoms with Crippen molar-refractivity contribution in [2.75, 3.05) is 19.6 Å². The molecule has 5 heteroatoms. The summed E-state index contributed by atoms with van der Waals surface area (Å²) in [6, 6.07) is 4.06. The molecule has 1 saturated heterocycles. The lowest BCUT2D eigenvalue weighted by molar-refractivity contribution is 0.0614. The van der Waals surface area contributed by atoms with E-state index in [0.717, 1.165) is 49.6 Å². The van der Waals surface area contributed by atoms with Crippen molar-refractivity contribution >= 4 is 11.3 Å². The highest BCUT2D eigenvalue weighted by Crippen LogP contribution is 2.32. The Morgan fingerprint density at radius 2 is 2.24 bits per heavy atom. The zero-order valence-electron chi connectivity index (χ0n) is 12.5. The van der Waals surface area contributed by atoms with E-state index in [2.05, 4.69) is 14.5 Å². The third kappa shape index (κ3) is 3.54. The normalized spacial score (nSPS) is 19.0. The van der Waals surface area contributed by atoms with Crippen molar-refractivity contribution < 1.29 is 5.11 Å². The van der Waals surface area contributed by atoms with Gasteiger partial charge in [0.15, 0.2) is 0 Å². The fourth-order valence-corrected chi connectivity index (χ4v) is 3.88. The Hall–Kier alpha value is -1.17. The molecule has 0 saturated carbocycles. The van der Waals surface area contributed by atoms with Crippen molar-refractivity contribution in [3.8, 4) is 0 Å². The molecule has 2 aromatic heterocycles. The molecule has 1 fully saturated rings. The maximum Gasteiger partial charge on any atom is 0.109 e. The van der Waals surface area contributed by atoms with Crippen LogP contribution in [0.2, 0.25) is 0 Å². The topological polar surface area (TPSA) is 41.3 Å². The quantitative estimate of drug-likeness (QED) is 0.922. The Kier molecular flexibility index (Phi) is 4.73. The van der Waals surface area contributed by atoms with E-state index in [9.17, 15) is 5.11 Å². The average Bonchev–Trinajstić information content (AvgIpc) is 3.17. The fraction of sp³-hybridized carbons (Fsp3) is 0.562. The van der Waals surface area contributed by atoms with Gasteiger partial charge in [-0.05, 0) is 43.3 Å². The molecular formula is C16H23N3OS. The second-order valence-electron chi connectivity index (χ2n) is 5.84. The number of thiophene rings is 1. The van der Waals surface area contributed by atoms with Gasteiger partial charge < -0.3 is 14.6 Å². The molecule has 0 aromatic carbocycles. The van der Waals surface area contributed by atoms with Gasteiger partial charge in [-0.15, -0.1) is 11.3 Å². The summed E-state index contributed by atoms with van der Waals surface area (Å²) >= 11 is 1.66.